The van der Waals surface area contributed by atoms with Crippen molar-refractivity contribution < 1.29 is 9.53 Å². The van der Waals surface area contributed by atoms with E-state index in [1.165, 1.54) is 7.11 Å². The van der Waals surface area contributed by atoms with E-state index in [2.05, 4.69) is 4.98 Å². The van der Waals surface area contributed by atoms with E-state index in [9.17, 15) is 4.79 Å². The first-order valence-electron chi connectivity index (χ1n) is 5.55. The summed E-state index contributed by atoms with van der Waals surface area (Å²) < 4.78 is 6.91. The van der Waals surface area contributed by atoms with Gasteiger partial charge in [-0.05, 0) is 12.1 Å². The number of Topliss-reactive ketones (excluding diaryl/α,β-unsaturated/α-hetero) is 1. The van der Waals surface area contributed by atoms with Gasteiger partial charge in [0, 0.05) is 25.0 Å². The largest absolute Gasteiger partial charge is 0.495 e. The smallest absolute Gasteiger partial charge is 0.172 e. The lowest BCUT2D eigenvalue weighted by Gasteiger charge is -2.09. The molecule has 18 heavy (non-hydrogen) atoms. The quantitative estimate of drug-likeness (QED) is 0.653. The average Bonchev–Trinajstić information content (AvgIpc) is 2.75. The molecule has 5 nitrogen and oxygen atoms in total. The molecule has 2 aromatic rings. The number of anilines is 1. The van der Waals surface area contributed by atoms with Crippen LogP contribution in [0.4, 0.5) is 5.69 Å². The molecule has 0 bridgehead atoms. The first-order valence-corrected chi connectivity index (χ1v) is 5.55. The van der Waals surface area contributed by atoms with Crippen molar-refractivity contribution in [1.82, 2.24) is 9.55 Å². The van der Waals surface area contributed by atoms with Crippen LogP contribution in [0.1, 0.15) is 16.2 Å². The highest BCUT2D eigenvalue weighted by atomic mass is 16.5. The van der Waals surface area contributed by atoms with E-state index in [1.54, 1.807) is 30.6 Å². The first kappa shape index (κ1) is 12.2. The molecule has 0 amide bonds. The lowest BCUT2D eigenvalue weighted by atomic mass is 10.1. The number of carbonyl (C=O) groups is 1. The summed E-state index contributed by atoms with van der Waals surface area (Å²) in [6.07, 6.45) is 3.69. The highest BCUT2D eigenvalue weighted by Crippen LogP contribution is 2.25. The van der Waals surface area contributed by atoms with Crippen LogP contribution in [0.3, 0.4) is 0 Å². The highest BCUT2D eigenvalue weighted by molar-refractivity contribution is 6.02. The number of nitrogen functional groups attached to an aromatic ring is 1. The van der Waals surface area contributed by atoms with Gasteiger partial charge in [0.05, 0.1) is 19.2 Å². The maximum Gasteiger partial charge on any atom is 0.172 e. The lowest BCUT2D eigenvalue weighted by molar-refractivity contribution is 0.0990. The van der Waals surface area contributed by atoms with Gasteiger partial charge in [-0.3, -0.25) is 4.79 Å². The molecule has 1 aromatic carbocycles. The second kappa shape index (κ2) is 4.91. The number of aromatic nitrogens is 2. The van der Waals surface area contributed by atoms with Crippen molar-refractivity contribution >= 4 is 11.5 Å². The van der Waals surface area contributed by atoms with Crippen LogP contribution in [0.15, 0.2) is 30.6 Å². The molecule has 5 heteroatoms. The Labute approximate surface area is 105 Å². The van der Waals surface area contributed by atoms with Crippen molar-refractivity contribution in [3.63, 3.8) is 0 Å². The second-order valence-electron chi connectivity index (χ2n) is 3.98. The number of aryl methyl sites for hydroxylation is 1. The van der Waals surface area contributed by atoms with Gasteiger partial charge in [0.15, 0.2) is 5.78 Å². The molecule has 1 heterocycles. The van der Waals surface area contributed by atoms with E-state index in [-0.39, 0.29) is 12.2 Å². The number of methoxy groups -OCH3 is 1. The Balaban J connectivity index is 2.27. The molecular formula is C13H15N3O2. The third-order valence-corrected chi connectivity index (χ3v) is 2.83. The zero-order valence-electron chi connectivity index (χ0n) is 10.4. The standard InChI is InChI=1S/C13H15N3O2/c1-16-7-6-15-12(16)8-10(17)9-4-3-5-11(18-2)13(9)14/h3-7H,8,14H2,1-2H3. The summed E-state index contributed by atoms with van der Waals surface area (Å²) in [6, 6.07) is 5.18. The van der Waals surface area contributed by atoms with E-state index in [1.807, 2.05) is 11.6 Å². The fraction of sp³-hybridized carbons (Fsp3) is 0.231. The zero-order valence-corrected chi connectivity index (χ0v) is 10.4. The molecule has 0 spiro atoms. The molecule has 2 N–H and O–H groups in total. The van der Waals surface area contributed by atoms with Gasteiger partial charge in [-0.25, -0.2) is 4.98 Å². The van der Waals surface area contributed by atoms with Crippen LogP contribution in [-0.2, 0) is 13.5 Å². The third kappa shape index (κ3) is 2.20. The summed E-state index contributed by atoms with van der Waals surface area (Å²) in [6.45, 7) is 0. The molecule has 0 atom stereocenters. The number of hydrogen-bond donors (Lipinski definition) is 1. The lowest BCUT2D eigenvalue weighted by Crippen LogP contribution is -2.11. The monoisotopic (exact) mass is 245 g/mol. The predicted molar refractivity (Wildman–Crippen MR) is 68.6 cm³/mol. The summed E-state index contributed by atoms with van der Waals surface area (Å²) in [4.78, 5) is 16.3. The van der Waals surface area contributed by atoms with E-state index in [4.69, 9.17) is 10.5 Å². The van der Waals surface area contributed by atoms with Crippen LogP contribution in [-0.4, -0.2) is 22.4 Å². The Hall–Kier alpha value is -2.30. The number of imidazole rings is 1. The van der Waals surface area contributed by atoms with E-state index < -0.39 is 0 Å². The van der Waals surface area contributed by atoms with Gasteiger partial charge in [0.2, 0.25) is 0 Å². The minimum atomic E-state index is -0.0688. The Bertz CT molecular complexity index is 575. The zero-order chi connectivity index (χ0) is 13.1. The minimum Gasteiger partial charge on any atom is -0.495 e. The van der Waals surface area contributed by atoms with Crippen molar-refractivity contribution in [2.45, 2.75) is 6.42 Å². The van der Waals surface area contributed by atoms with Gasteiger partial charge >= 0.3 is 0 Å². The Morgan fingerprint density at radius 2 is 2.28 bits per heavy atom. The number of ether oxygens (including phenoxy) is 1. The third-order valence-electron chi connectivity index (χ3n) is 2.83. The molecule has 0 aliphatic heterocycles. The van der Waals surface area contributed by atoms with Crippen molar-refractivity contribution in [2.75, 3.05) is 12.8 Å². The number of nitrogens with two attached hydrogens (primary N) is 1. The topological polar surface area (TPSA) is 70.1 Å². The molecule has 0 unspecified atom stereocenters. The van der Waals surface area contributed by atoms with E-state index in [0.717, 1.165) is 0 Å². The fourth-order valence-electron chi connectivity index (χ4n) is 1.77. The molecule has 94 valence electrons. The van der Waals surface area contributed by atoms with Crippen LogP contribution in [0.2, 0.25) is 0 Å². The van der Waals surface area contributed by atoms with Crippen LogP contribution in [0, 0.1) is 0 Å². The second-order valence-corrected chi connectivity index (χ2v) is 3.98. The van der Waals surface area contributed by atoms with Crippen molar-refractivity contribution in [2.24, 2.45) is 7.05 Å². The number of benzene rings is 1. The summed E-state index contributed by atoms with van der Waals surface area (Å²) in [5.74, 6) is 1.16. The summed E-state index contributed by atoms with van der Waals surface area (Å²) in [7, 11) is 3.38. The van der Waals surface area contributed by atoms with Crippen molar-refractivity contribution in [1.29, 1.82) is 0 Å². The van der Waals surface area contributed by atoms with Crippen molar-refractivity contribution in [3.05, 3.63) is 42.0 Å². The summed E-state index contributed by atoms with van der Waals surface area (Å²) >= 11 is 0. The van der Waals surface area contributed by atoms with E-state index >= 15 is 0 Å². The first-order chi connectivity index (χ1) is 8.63. The SMILES string of the molecule is COc1cccc(C(=O)Cc2nccn2C)c1N. The molecule has 0 aliphatic rings. The maximum atomic E-state index is 12.2. The Morgan fingerprint density at radius 3 is 2.89 bits per heavy atom. The Kier molecular flexibility index (Phi) is 3.32. The van der Waals surface area contributed by atoms with Gasteiger partial charge in [-0.2, -0.15) is 0 Å². The minimum absolute atomic E-state index is 0.0688. The number of ketones is 1. The summed E-state index contributed by atoms with van der Waals surface area (Å²) in [5.41, 5.74) is 6.73. The van der Waals surface area contributed by atoms with Crippen molar-refractivity contribution in [3.8, 4) is 5.75 Å². The molecule has 0 saturated carbocycles. The number of para-hydroxylation sites is 1. The van der Waals surface area contributed by atoms with Crippen LogP contribution in [0.5, 0.6) is 5.75 Å². The number of rotatable bonds is 4. The van der Waals surface area contributed by atoms with Crippen LogP contribution in [0.25, 0.3) is 0 Å². The van der Waals surface area contributed by atoms with Gasteiger partial charge in [-0.1, -0.05) is 6.07 Å². The van der Waals surface area contributed by atoms with Gasteiger partial charge in [-0.15, -0.1) is 0 Å². The molecule has 1 aromatic heterocycles. The molecule has 0 fully saturated rings. The normalized spacial score (nSPS) is 10.3. The predicted octanol–water partition coefficient (Wildman–Crippen LogP) is 1.44. The average molecular weight is 245 g/mol. The molecule has 0 saturated heterocycles. The fourth-order valence-corrected chi connectivity index (χ4v) is 1.77. The van der Waals surface area contributed by atoms with Crippen LogP contribution >= 0.6 is 0 Å². The molecule has 0 radical (unpaired) electrons. The highest BCUT2D eigenvalue weighted by Gasteiger charge is 2.15. The van der Waals surface area contributed by atoms with Gasteiger partial charge in [0.1, 0.15) is 11.6 Å². The van der Waals surface area contributed by atoms with Crippen LogP contribution < -0.4 is 10.5 Å². The molecule has 0 aliphatic carbocycles. The maximum absolute atomic E-state index is 12.2. The summed E-state index contributed by atoms with van der Waals surface area (Å²) in [5, 5.41) is 0. The number of nitrogens with zero attached hydrogens (tertiary/aromatic N) is 2. The molecular weight excluding hydrogens is 230 g/mol. The number of hydrogen-bond acceptors (Lipinski definition) is 4. The molecule has 2 rings (SSSR count). The van der Waals surface area contributed by atoms with E-state index in [0.29, 0.717) is 22.8 Å². The van der Waals surface area contributed by atoms with Gasteiger partial charge in [0.25, 0.3) is 0 Å². The Morgan fingerprint density at radius 1 is 1.50 bits per heavy atom. The number of carbonyl (C=O) groups excluding carboxylic acids is 1. The van der Waals surface area contributed by atoms with Gasteiger partial charge < -0.3 is 15.0 Å².